The van der Waals surface area contributed by atoms with E-state index in [1.54, 1.807) is 6.20 Å². The van der Waals surface area contributed by atoms with Crippen LogP contribution < -0.4 is 10.2 Å². The van der Waals surface area contributed by atoms with Crippen LogP contribution in [-0.4, -0.2) is 99.5 Å². The lowest BCUT2D eigenvalue weighted by molar-refractivity contribution is -0.152. The summed E-state index contributed by atoms with van der Waals surface area (Å²) in [4.78, 5) is 29.1. The summed E-state index contributed by atoms with van der Waals surface area (Å²) >= 11 is 0. The van der Waals surface area contributed by atoms with E-state index < -0.39 is 0 Å². The lowest BCUT2D eigenvalue weighted by atomic mass is 10.0. The first-order chi connectivity index (χ1) is 23.0. The van der Waals surface area contributed by atoms with Crippen LogP contribution in [0.2, 0.25) is 0 Å². The topological polar surface area (TPSA) is 117 Å². The van der Waals surface area contributed by atoms with Gasteiger partial charge in [0.2, 0.25) is 0 Å². The monoisotopic (exact) mass is 649 g/mol. The first-order valence-electron chi connectivity index (χ1n) is 16.9. The van der Waals surface area contributed by atoms with Crippen molar-refractivity contribution in [2.24, 2.45) is 5.92 Å². The highest BCUT2D eigenvalue weighted by Gasteiger charge is 2.20. The summed E-state index contributed by atoms with van der Waals surface area (Å²) < 4.78 is 27.5. The molecule has 1 aromatic carbocycles. The molecule has 1 N–H and O–H groups in total. The predicted molar refractivity (Wildman–Crippen MR) is 183 cm³/mol. The SMILES string of the molecule is CCOCCOCCOCCOCCC(=O)OC(CCNc1cc(N2CCc3ccccc3CC2)nc(-c2ccccn2)n1)C(C)C. The third-order valence-electron chi connectivity index (χ3n) is 7.88. The van der Waals surface area contributed by atoms with E-state index in [4.69, 9.17) is 33.7 Å². The lowest BCUT2D eigenvalue weighted by Gasteiger charge is -2.23. The Kier molecular flexibility index (Phi) is 15.8. The minimum atomic E-state index is -0.267. The summed E-state index contributed by atoms with van der Waals surface area (Å²) in [6.45, 7) is 12.4. The Labute approximate surface area is 279 Å². The minimum absolute atomic E-state index is 0.162. The van der Waals surface area contributed by atoms with Crippen molar-refractivity contribution in [3.05, 3.63) is 65.9 Å². The number of anilines is 2. The molecule has 2 aromatic heterocycles. The van der Waals surface area contributed by atoms with Crippen molar-refractivity contribution >= 4 is 17.6 Å². The molecule has 0 aliphatic carbocycles. The molecule has 0 amide bonds. The molecule has 47 heavy (non-hydrogen) atoms. The number of rotatable bonds is 21. The van der Waals surface area contributed by atoms with Gasteiger partial charge in [0.05, 0.1) is 52.7 Å². The highest BCUT2D eigenvalue weighted by atomic mass is 16.6. The predicted octanol–water partition coefficient (Wildman–Crippen LogP) is 4.99. The number of nitrogens with one attached hydrogen (secondary N) is 1. The van der Waals surface area contributed by atoms with Crippen molar-refractivity contribution in [1.29, 1.82) is 0 Å². The van der Waals surface area contributed by atoms with Gasteiger partial charge in [0.1, 0.15) is 23.4 Å². The smallest absolute Gasteiger partial charge is 0.308 e. The average Bonchev–Trinajstić information content (AvgIpc) is 3.31. The number of benzene rings is 1. The molecule has 0 saturated heterocycles. The average molecular weight is 650 g/mol. The van der Waals surface area contributed by atoms with Gasteiger partial charge in [-0.1, -0.05) is 44.2 Å². The molecule has 1 unspecified atom stereocenters. The van der Waals surface area contributed by atoms with Crippen LogP contribution in [0.4, 0.5) is 11.6 Å². The highest BCUT2D eigenvalue weighted by molar-refractivity contribution is 5.69. The Bertz CT molecular complexity index is 1300. The number of carbonyl (C=O) groups is 1. The summed E-state index contributed by atoms with van der Waals surface area (Å²) in [5.74, 6) is 2.07. The number of hydrogen-bond donors (Lipinski definition) is 1. The molecule has 11 nitrogen and oxygen atoms in total. The molecule has 0 spiro atoms. The van der Waals surface area contributed by atoms with Gasteiger partial charge in [-0.05, 0) is 48.9 Å². The highest BCUT2D eigenvalue weighted by Crippen LogP contribution is 2.25. The fourth-order valence-corrected chi connectivity index (χ4v) is 5.25. The zero-order chi connectivity index (χ0) is 33.1. The molecule has 3 heterocycles. The molecule has 1 aliphatic rings. The van der Waals surface area contributed by atoms with Gasteiger partial charge in [-0.3, -0.25) is 9.78 Å². The van der Waals surface area contributed by atoms with Crippen LogP contribution in [0.25, 0.3) is 11.5 Å². The van der Waals surface area contributed by atoms with Crippen LogP contribution in [0.15, 0.2) is 54.7 Å². The molecule has 11 heteroatoms. The van der Waals surface area contributed by atoms with Gasteiger partial charge in [0, 0.05) is 44.9 Å². The Hall–Kier alpha value is -3.64. The minimum Gasteiger partial charge on any atom is -0.462 e. The summed E-state index contributed by atoms with van der Waals surface area (Å²) in [6, 6.07) is 16.4. The van der Waals surface area contributed by atoms with Gasteiger partial charge in [-0.2, -0.15) is 0 Å². The fraction of sp³-hybridized carbons (Fsp3) is 0.556. The zero-order valence-corrected chi connectivity index (χ0v) is 28.2. The Morgan fingerprint density at radius 2 is 1.49 bits per heavy atom. The second-order valence-electron chi connectivity index (χ2n) is 11.7. The molecular weight excluding hydrogens is 598 g/mol. The van der Waals surface area contributed by atoms with E-state index in [2.05, 4.69) is 53.3 Å². The molecular formula is C36H51N5O6. The second-order valence-corrected chi connectivity index (χ2v) is 11.7. The van der Waals surface area contributed by atoms with Crippen molar-refractivity contribution in [2.45, 2.75) is 52.6 Å². The third-order valence-corrected chi connectivity index (χ3v) is 7.88. The number of pyridine rings is 1. The van der Waals surface area contributed by atoms with Gasteiger partial charge in [0.15, 0.2) is 5.82 Å². The van der Waals surface area contributed by atoms with Crippen LogP contribution >= 0.6 is 0 Å². The second kappa shape index (κ2) is 20.6. The Morgan fingerprint density at radius 3 is 2.11 bits per heavy atom. The molecule has 0 saturated carbocycles. The summed E-state index contributed by atoms with van der Waals surface area (Å²) in [7, 11) is 0. The molecule has 0 fully saturated rings. The van der Waals surface area contributed by atoms with Gasteiger partial charge in [0.25, 0.3) is 0 Å². The Balaban J connectivity index is 1.23. The van der Waals surface area contributed by atoms with E-state index in [0.29, 0.717) is 65.0 Å². The van der Waals surface area contributed by atoms with E-state index in [9.17, 15) is 4.79 Å². The maximum absolute atomic E-state index is 12.6. The number of esters is 1. The summed E-state index contributed by atoms with van der Waals surface area (Å²) in [6.07, 6.45) is 4.29. The summed E-state index contributed by atoms with van der Waals surface area (Å²) in [5, 5.41) is 3.47. The quantitative estimate of drug-likeness (QED) is 0.124. The van der Waals surface area contributed by atoms with Crippen LogP contribution in [0.5, 0.6) is 0 Å². The van der Waals surface area contributed by atoms with E-state index in [1.807, 2.05) is 31.2 Å². The van der Waals surface area contributed by atoms with Gasteiger partial charge in [-0.15, -0.1) is 0 Å². The van der Waals surface area contributed by atoms with Gasteiger partial charge >= 0.3 is 5.97 Å². The van der Waals surface area contributed by atoms with Crippen LogP contribution in [0.3, 0.4) is 0 Å². The molecule has 0 radical (unpaired) electrons. The molecule has 1 aliphatic heterocycles. The van der Waals surface area contributed by atoms with E-state index in [-0.39, 0.29) is 31.0 Å². The standard InChI is InChI=1S/C36H51N5O6/c1-4-43-21-22-45-25-26-46-24-23-44-20-15-35(42)47-32(28(2)3)12-17-38-33-27-34(40-36(39-33)31-11-7-8-16-37-31)41-18-13-29-9-5-6-10-30(29)14-19-41/h5-11,16,27-28,32H,4,12-15,17-26H2,1-3H3,(H,38,39,40). The van der Waals surface area contributed by atoms with Crippen molar-refractivity contribution in [2.75, 3.05) is 82.7 Å². The van der Waals surface area contributed by atoms with E-state index in [0.717, 1.165) is 43.3 Å². The van der Waals surface area contributed by atoms with Gasteiger partial charge in [-0.25, -0.2) is 9.97 Å². The largest absolute Gasteiger partial charge is 0.462 e. The molecule has 0 bridgehead atoms. The number of ether oxygens (including phenoxy) is 5. The number of aromatic nitrogens is 3. The molecule has 3 aromatic rings. The lowest BCUT2D eigenvalue weighted by Crippen LogP contribution is -2.28. The fourth-order valence-electron chi connectivity index (χ4n) is 5.25. The number of carbonyl (C=O) groups excluding carboxylic acids is 1. The maximum Gasteiger partial charge on any atom is 0.308 e. The first kappa shape index (κ1) is 36.2. The van der Waals surface area contributed by atoms with Crippen molar-refractivity contribution in [3.8, 4) is 11.5 Å². The van der Waals surface area contributed by atoms with E-state index in [1.165, 1.54) is 11.1 Å². The van der Waals surface area contributed by atoms with Crippen LogP contribution in [0, 0.1) is 5.92 Å². The number of hydrogen-bond acceptors (Lipinski definition) is 11. The van der Waals surface area contributed by atoms with Crippen molar-refractivity contribution in [3.63, 3.8) is 0 Å². The molecule has 1 atom stereocenters. The Morgan fingerprint density at radius 1 is 0.851 bits per heavy atom. The molecule has 256 valence electrons. The summed E-state index contributed by atoms with van der Waals surface area (Å²) in [5.41, 5.74) is 3.52. The van der Waals surface area contributed by atoms with Gasteiger partial charge < -0.3 is 33.9 Å². The van der Waals surface area contributed by atoms with Crippen LogP contribution in [0.1, 0.15) is 44.7 Å². The third kappa shape index (κ3) is 12.8. The van der Waals surface area contributed by atoms with Crippen molar-refractivity contribution in [1.82, 2.24) is 15.0 Å². The van der Waals surface area contributed by atoms with E-state index >= 15 is 0 Å². The van der Waals surface area contributed by atoms with Crippen LogP contribution in [-0.2, 0) is 41.3 Å². The zero-order valence-electron chi connectivity index (χ0n) is 28.2. The van der Waals surface area contributed by atoms with Crippen molar-refractivity contribution < 1.29 is 28.5 Å². The maximum atomic E-state index is 12.6. The normalized spacial score (nSPS) is 13.7. The molecule has 4 rings (SSSR count). The number of nitrogens with zero attached hydrogens (tertiary/aromatic N) is 4. The number of fused-ring (bicyclic) bond motifs is 1. The first-order valence-corrected chi connectivity index (χ1v) is 16.9.